The van der Waals surface area contributed by atoms with Crippen LogP contribution in [0.15, 0.2) is 18.2 Å². The summed E-state index contributed by atoms with van der Waals surface area (Å²) in [5.41, 5.74) is 1.81. The minimum atomic E-state index is -0.0648. The van der Waals surface area contributed by atoms with E-state index >= 15 is 0 Å². The van der Waals surface area contributed by atoms with E-state index in [9.17, 15) is 4.79 Å². The van der Waals surface area contributed by atoms with E-state index < -0.39 is 0 Å². The number of urea groups is 1. The lowest BCUT2D eigenvalue weighted by Crippen LogP contribution is -2.45. The molecule has 2 heterocycles. The number of piperidine rings is 1. The van der Waals surface area contributed by atoms with Crippen molar-refractivity contribution in [1.29, 1.82) is 0 Å². The Morgan fingerprint density at radius 1 is 1.23 bits per heavy atom. The Labute approximate surface area is 156 Å². The summed E-state index contributed by atoms with van der Waals surface area (Å²) in [5.74, 6) is 0.782. The first-order valence-corrected chi connectivity index (χ1v) is 9.70. The fourth-order valence-electron chi connectivity index (χ4n) is 3.72. The van der Waals surface area contributed by atoms with Gasteiger partial charge in [0, 0.05) is 38.0 Å². The van der Waals surface area contributed by atoms with Gasteiger partial charge in [-0.25, -0.2) is 4.79 Å². The summed E-state index contributed by atoms with van der Waals surface area (Å²) < 4.78 is 11.3. The topological polar surface area (TPSA) is 54.0 Å². The van der Waals surface area contributed by atoms with Crippen LogP contribution in [0.25, 0.3) is 0 Å². The standard InChI is InChI=1S/C20H31N3O3/c1-16-7-8-17(13-19(16)25-2)21-20(24)23-11-6-12-26-18(15-23)14-22-9-4-3-5-10-22/h7-8,13,18H,3-6,9-12,14-15H2,1-2H3,(H,21,24)/t18-/m0/s1. The van der Waals surface area contributed by atoms with E-state index in [1.54, 1.807) is 7.11 Å². The molecule has 0 aliphatic carbocycles. The Balaban J connectivity index is 1.58. The summed E-state index contributed by atoms with van der Waals surface area (Å²) in [6.45, 7) is 7.30. The number of nitrogens with zero attached hydrogens (tertiary/aromatic N) is 2. The second-order valence-corrected chi connectivity index (χ2v) is 7.27. The van der Waals surface area contributed by atoms with Crippen LogP contribution in [0, 0.1) is 6.92 Å². The highest BCUT2D eigenvalue weighted by atomic mass is 16.5. The van der Waals surface area contributed by atoms with E-state index in [0.717, 1.165) is 56.2 Å². The van der Waals surface area contributed by atoms with Crippen molar-refractivity contribution in [2.45, 2.75) is 38.7 Å². The van der Waals surface area contributed by atoms with Gasteiger partial charge in [-0.3, -0.25) is 0 Å². The first kappa shape index (κ1) is 19.0. The lowest BCUT2D eigenvalue weighted by atomic mass is 10.1. The number of likely N-dealkylation sites (tertiary alicyclic amines) is 1. The number of rotatable bonds is 4. The quantitative estimate of drug-likeness (QED) is 0.895. The molecule has 2 amide bonds. The van der Waals surface area contributed by atoms with Gasteiger partial charge in [-0.2, -0.15) is 0 Å². The van der Waals surface area contributed by atoms with E-state index in [1.807, 2.05) is 30.0 Å². The molecule has 1 atom stereocenters. The van der Waals surface area contributed by atoms with Crippen molar-refractivity contribution in [3.63, 3.8) is 0 Å². The van der Waals surface area contributed by atoms with Crippen molar-refractivity contribution < 1.29 is 14.3 Å². The lowest BCUT2D eigenvalue weighted by molar-refractivity contribution is 0.0261. The van der Waals surface area contributed by atoms with Crippen molar-refractivity contribution in [2.24, 2.45) is 0 Å². The minimum Gasteiger partial charge on any atom is -0.496 e. The van der Waals surface area contributed by atoms with Gasteiger partial charge >= 0.3 is 6.03 Å². The van der Waals surface area contributed by atoms with Gasteiger partial charge < -0.3 is 24.6 Å². The van der Waals surface area contributed by atoms with E-state index in [1.165, 1.54) is 19.3 Å². The third-order valence-corrected chi connectivity index (χ3v) is 5.21. The molecule has 1 N–H and O–H groups in total. The molecule has 6 heteroatoms. The Hall–Kier alpha value is -1.79. The van der Waals surface area contributed by atoms with Crippen molar-refractivity contribution in [2.75, 3.05) is 51.8 Å². The summed E-state index contributed by atoms with van der Waals surface area (Å²) in [7, 11) is 1.64. The van der Waals surface area contributed by atoms with Gasteiger partial charge in [0.05, 0.1) is 13.2 Å². The molecular weight excluding hydrogens is 330 g/mol. The van der Waals surface area contributed by atoms with E-state index in [4.69, 9.17) is 9.47 Å². The predicted molar refractivity (Wildman–Crippen MR) is 103 cm³/mol. The number of aryl methyl sites for hydroxylation is 1. The molecule has 0 unspecified atom stereocenters. The molecule has 0 spiro atoms. The molecule has 0 bridgehead atoms. The van der Waals surface area contributed by atoms with Gasteiger partial charge in [0.2, 0.25) is 0 Å². The molecule has 2 aliphatic heterocycles. The van der Waals surface area contributed by atoms with Crippen LogP contribution < -0.4 is 10.1 Å². The molecule has 2 saturated heterocycles. The largest absolute Gasteiger partial charge is 0.496 e. The second kappa shape index (κ2) is 9.24. The van der Waals surface area contributed by atoms with Gasteiger partial charge in [0.15, 0.2) is 0 Å². The van der Waals surface area contributed by atoms with Crippen molar-refractivity contribution in [1.82, 2.24) is 9.80 Å². The van der Waals surface area contributed by atoms with Crippen LogP contribution in [0.3, 0.4) is 0 Å². The zero-order valence-corrected chi connectivity index (χ0v) is 16.0. The molecule has 0 radical (unpaired) electrons. The lowest BCUT2D eigenvalue weighted by Gasteiger charge is -2.31. The third-order valence-electron chi connectivity index (χ3n) is 5.21. The number of hydrogen-bond donors (Lipinski definition) is 1. The van der Waals surface area contributed by atoms with Crippen LogP contribution in [-0.4, -0.2) is 68.4 Å². The molecule has 1 aromatic carbocycles. The Bertz CT molecular complexity index is 602. The summed E-state index contributed by atoms with van der Waals surface area (Å²) >= 11 is 0. The molecule has 2 aliphatic rings. The monoisotopic (exact) mass is 361 g/mol. The first-order chi connectivity index (χ1) is 12.7. The molecule has 0 saturated carbocycles. The fourth-order valence-corrected chi connectivity index (χ4v) is 3.72. The van der Waals surface area contributed by atoms with Crippen molar-refractivity contribution in [3.05, 3.63) is 23.8 Å². The SMILES string of the molecule is COc1cc(NC(=O)N2CCCO[C@@H](CN3CCCCC3)C2)ccc1C. The van der Waals surface area contributed by atoms with Crippen LogP contribution in [-0.2, 0) is 4.74 Å². The normalized spacial score (nSPS) is 21.9. The Morgan fingerprint density at radius 2 is 2.04 bits per heavy atom. The van der Waals surface area contributed by atoms with Gasteiger partial charge in [0.1, 0.15) is 5.75 Å². The number of methoxy groups -OCH3 is 1. The summed E-state index contributed by atoms with van der Waals surface area (Å²) in [6, 6.07) is 5.67. The molecule has 1 aromatic rings. The summed E-state index contributed by atoms with van der Waals surface area (Å²) in [5, 5.41) is 3.00. The Morgan fingerprint density at radius 3 is 2.81 bits per heavy atom. The zero-order valence-electron chi connectivity index (χ0n) is 16.0. The average Bonchev–Trinajstić information content (AvgIpc) is 2.90. The van der Waals surface area contributed by atoms with Crippen LogP contribution >= 0.6 is 0 Å². The highest BCUT2D eigenvalue weighted by molar-refractivity contribution is 5.89. The predicted octanol–water partition coefficient (Wildman–Crippen LogP) is 3.11. The molecule has 6 nitrogen and oxygen atoms in total. The van der Waals surface area contributed by atoms with Gasteiger partial charge in [-0.05, 0) is 50.9 Å². The second-order valence-electron chi connectivity index (χ2n) is 7.27. The number of benzene rings is 1. The number of carbonyl (C=O) groups is 1. The maximum atomic E-state index is 12.7. The third kappa shape index (κ3) is 5.11. The molecule has 2 fully saturated rings. The maximum absolute atomic E-state index is 12.7. The number of anilines is 1. The zero-order chi connectivity index (χ0) is 18.4. The van der Waals surface area contributed by atoms with Gasteiger partial charge in [0.25, 0.3) is 0 Å². The molecule has 0 aromatic heterocycles. The molecular formula is C20H31N3O3. The average molecular weight is 361 g/mol. The van der Waals surface area contributed by atoms with Crippen LogP contribution in [0.4, 0.5) is 10.5 Å². The van der Waals surface area contributed by atoms with E-state index in [2.05, 4.69) is 10.2 Å². The minimum absolute atomic E-state index is 0.0648. The number of amides is 2. The molecule has 144 valence electrons. The number of carbonyl (C=O) groups excluding carboxylic acids is 1. The number of ether oxygens (including phenoxy) is 2. The molecule has 3 rings (SSSR count). The number of nitrogens with one attached hydrogen (secondary N) is 1. The molecule has 26 heavy (non-hydrogen) atoms. The van der Waals surface area contributed by atoms with E-state index in [-0.39, 0.29) is 12.1 Å². The first-order valence-electron chi connectivity index (χ1n) is 9.70. The van der Waals surface area contributed by atoms with Gasteiger partial charge in [-0.1, -0.05) is 12.5 Å². The smallest absolute Gasteiger partial charge is 0.321 e. The van der Waals surface area contributed by atoms with Crippen LogP contribution in [0.2, 0.25) is 0 Å². The summed E-state index contributed by atoms with van der Waals surface area (Å²) in [4.78, 5) is 17.1. The summed E-state index contributed by atoms with van der Waals surface area (Å²) in [6.07, 6.45) is 4.84. The van der Waals surface area contributed by atoms with Crippen molar-refractivity contribution in [3.8, 4) is 5.75 Å². The maximum Gasteiger partial charge on any atom is 0.321 e. The Kier molecular flexibility index (Phi) is 6.74. The van der Waals surface area contributed by atoms with Crippen LogP contribution in [0.5, 0.6) is 5.75 Å². The van der Waals surface area contributed by atoms with Crippen LogP contribution in [0.1, 0.15) is 31.2 Å². The highest BCUT2D eigenvalue weighted by Crippen LogP contribution is 2.22. The number of hydrogen-bond acceptors (Lipinski definition) is 4. The van der Waals surface area contributed by atoms with Gasteiger partial charge in [-0.15, -0.1) is 0 Å². The highest BCUT2D eigenvalue weighted by Gasteiger charge is 2.25. The fraction of sp³-hybridized carbons (Fsp3) is 0.650. The van der Waals surface area contributed by atoms with Crippen molar-refractivity contribution >= 4 is 11.7 Å². The van der Waals surface area contributed by atoms with E-state index in [0.29, 0.717) is 6.54 Å².